The first kappa shape index (κ1) is 15.0. The lowest BCUT2D eigenvalue weighted by atomic mass is 10.3. The van der Waals surface area contributed by atoms with Crippen LogP contribution in [0.25, 0.3) is 0 Å². The minimum atomic E-state index is -0.250. The monoisotopic (exact) mass is 322 g/mol. The largest absolute Gasteiger partial charge is 0.352 e. The summed E-state index contributed by atoms with van der Waals surface area (Å²) in [5.41, 5.74) is 0. The Morgan fingerprint density at radius 3 is 2.47 bits per heavy atom. The Kier molecular flexibility index (Phi) is 7.11. The van der Waals surface area contributed by atoms with Gasteiger partial charge in [-0.3, -0.25) is 0 Å². The molecule has 0 radical (unpaired) electrons. The van der Waals surface area contributed by atoms with Crippen LogP contribution in [0.5, 0.6) is 0 Å². The van der Waals surface area contributed by atoms with E-state index in [1.165, 1.54) is 6.07 Å². The van der Waals surface area contributed by atoms with E-state index in [1.54, 1.807) is 23.9 Å². The Hall–Kier alpha value is -0.100. The van der Waals surface area contributed by atoms with Crippen LogP contribution in [0.15, 0.2) is 27.6 Å². The zero-order chi connectivity index (χ0) is 12.7. The smallest absolute Gasteiger partial charge is 0.166 e. The average Bonchev–Trinajstić information content (AvgIpc) is 2.31. The van der Waals surface area contributed by atoms with E-state index in [9.17, 15) is 4.39 Å². The molecule has 0 heterocycles. The molecular weight excluding hydrogens is 307 g/mol. The normalized spacial score (nSPS) is 11.1. The van der Waals surface area contributed by atoms with E-state index in [0.717, 1.165) is 4.90 Å². The van der Waals surface area contributed by atoms with Gasteiger partial charge in [0.15, 0.2) is 6.29 Å². The third-order valence-electron chi connectivity index (χ3n) is 1.98. The Morgan fingerprint density at radius 2 is 1.94 bits per heavy atom. The van der Waals surface area contributed by atoms with E-state index in [2.05, 4.69) is 15.9 Å². The standard InChI is InChI=1S/C12H16BrFO2S/c1-3-15-12(16-4-2)8-17-9-5-6-11(14)10(13)7-9/h5-7,12H,3-4,8H2,1-2H3. The van der Waals surface area contributed by atoms with Crippen molar-refractivity contribution in [2.75, 3.05) is 19.0 Å². The van der Waals surface area contributed by atoms with Crippen molar-refractivity contribution in [3.05, 3.63) is 28.5 Å². The summed E-state index contributed by atoms with van der Waals surface area (Å²) >= 11 is 4.75. The topological polar surface area (TPSA) is 18.5 Å². The van der Waals surface area contributed by atoms with Gasteiger partial charge in [0.25, 0.3) is 0 Å². The van der Waals surface area contributed by atoms with Gasteiger partial charge >= 0.3 is 0 Å². The van der Waals surface area contributed by atoms with Crippen molar-refractivity contribution in [2.24, 2.45) is 0 Å². The summed E-state index contributed by atoms with van der Waals surface area (Å²) in [7, 11) is 0. The zero-order valence-corrected chi connectivity index (χ0v) is 12.3. The van der Waals surface area contributed by atoms with Crippen molar-refractivity contribution in [3.63, 3.8) is 0 Å². The molecule has 0 aliphatic rings. The summed E-state index contributed by atoms with van der Waals surface area (Å²) < 4.78 is 24.4. The van der Waals surface area contributed by atoms with Crippen molar-refractivity contribution < 1.29 is 13.9 Å². The first-order chi connectivity index (χ1) is 8.17. The highest BCUT2D eigenvalue weighted by Gasteiger charge is 2.09. The number of ether oxygens (including phenoxy) is 2. The molecule has 0 fully saturated rings. The van der Waals surface area contributed by atoms with Crippen LogP contribution in [-0.2, 0) is 9.47 Å². The predicted molar refractivity (Wildman–Crippen MR) is 71.9 cm³/mol. The van der Waals surface area contributed by atoms with Crippen molar-refractivity contribution >= 4 is 27.7 Å². The third kappa shape index (κ3) is 5.38. The first-order valence-corrected chi connectivity index (χ1v) is 7.26. The molecule has 0 saturated heterocycles. The van der Waals surface area contributed by atoms with Crippen LogP contribution in [0.1, 0.15) is 13.8 Å². The first-order valence-electron chi connectivity index (χ1n) is 5.48. The predicted octanol–water partition coefficient (Wildman–Crippen LogP) is 4.08. The van der Waals surface area contributed by atoms with Crippen LogP contribution < -0.4 is 0 Å². The maximum Gasteiger partial charge on any atom is 0.166 e. The highest BCUT2D eigenvalue weighted by atomic mass is 79.9. The second kappa shape index (κ2) is 8.08. The summed E-state index contributed by atoms with van der Waals surface area (Å²) in [5, 5.41) is 0. The van der Waals surface area contributed by atoms with E-state index in [4.69, 9.17) is 9.47 Å². The summed E-state index contributed by atoms with van der Waals surface area (Å²) in [6.45, 7) is 5.12. The van der Waals surface area contributed by atoms with E-state index in [1.807, 2.05) is 13.8 Å². The van der Waals surface area contributed by atoms with Gasteiger partial charge in [-0.2, -0.15) is 0 Å². The third-order valence-corrected chi connectivity index (χ3v) is 3.62. The molecule has 0 atom stereocenters. The highest BCUT2D eigenvalue weighted by Crippen LogP contribution is 2.25. The van der Waals surface area contributed by atoms with Gasteiger partial charge in [-0.05, 0) is 48.0 Å². The lowest BCUT2D eigenvalue weighted by Crippen LogP contribution is -2.19. The molecule has 1 rings (SSSR count). The quantitative estimate of drug-likeness (QED) is 0.556. The number of hydrogen-bond donors (Lipinski definition) is 0. The van der Waals surface area contributed by atoms with Crippen LogP contribution in [-0.4, -0.2) is 25.3 Å². The number of hydrogen-bond acceptors (Lipinski definition) is 3. The number of benzene rings is 1. The molecule has 0 aliphatic heterocycles. The molecule has 1 aromatic rings. The molecule has 0 spiro atoms. The van der Waals surface area contributed by atoms with Crippen molar-refractivity contribution in [1.82, 2.24) is 0 Å². The summed E-state index contributed by atoms with van der Waals surface area (Å²) in [5.74, 6) is 0.445. The molecule has 0 aromatic heterocycles. The van der Waals surface area contributed by atoms with Crippen LogP contribution in [0.3, 0.4) is 0 Å². The fraction of sp³-hybridized carbons (Fsp3) is 0.500. The molecule has 0 bridgehead atoms. The Bertz CT molecular complexity index is 343. The second-order valence-corrected chi connectivity index (χ2v) is 5.17. The maximum absolute atomic E-state index is 13.0. The number of rotatable bonds is 7. The molecule has 0 saturated carbocycles. The van der Waals surface area contributed by atoms with Crippen LogP contribution in [0.4, 0.5) is 4.39 Å². The molecule has 5 heteroatoms. The van der Waals surface area contributed by atoms with Gasteiger partial charge in [0.05, 0.1) is 4.47 Å². The summed E-state index contributed by atoms with van der Waals surface area (Å²) in [4.78, 5) is 0.989. The minimum Gasteiger partial charge on any atom is -0.352 e. The van der Waals surface area contributed by atoms with Gasteiger partial charge in [-0.25, -0.2) is 4.39 Å². The van der Waals surface area contributed by atoms with Gasteiger partial charge in [0.1, 0.15) is 5.82 Å². The van der Waals surface area contributed by atoms with Crippen molar-refractivity contribution in [2.45, 2.75) is 25.0 Å². The average molecular weight is 323 g/mol. The van der Waals surface area contributed by atoms with Crippen molar-refractivity contribution in [3.8, 4) is 0 Å². The molecule has 0 amide bonds. The lowest BCUT2D eigenvalue weighted by molar-refractivity contribution is -0.120. The van der Waals surface area contributed by atoms with E-state index in [-0.39, 0.29) is 12.1 Å². The SMILES string of the molecule is CCOC(CSc1ccc(F)c(Br)c1)OCC. The number of halogens is 2. The van der Waals surface area contributed by atoms with E-state index < -0.39 is 0 Å². The highest BCUT2D eigenvalue weighted by molar-refractivity contribution is 9.10. The van der Waals surface area contributed by atoms with Gasteiger partial charge in [-0.1, -0.05) is 0 Å². The number of thioether (sulfide) groups is 1. The molecule has 2 nitrogen and oxygen atoms in total. The molecule has 17 heavy (non-hydrogen) atoms. The van der Waals surface area contributed by atoms with E-state index >= 15 is 0 Å². The molecule has 0 unspecified atom stereocenters. The lowest BCUT2D eigenvalue weighted by Gasteiger charge is -2.16. The molecule has 0 aliphatic carbocycles. The molecule has 0 N–H and O–H groups in total. The molecule has 96 valence electrons. The Balaban J connectivity index is 2.49. The summed E-state index contributed by atoms with van der Waals surface area (Å²) in [6.07, 6.45) is -0.209. The van der Waals surface area contributed by atoms with Crippen molar-refractivity contribution in [1.29, 1.82) is 0 Å². The molecule has 1 aromatic carbocycles. The Labute approximate surface area is 114 Å². The van der Waals surface area contributed by atoms with E-state index in [0.29, 0.717) is 23.4 Å². The van der Waals surface area contributed by atoms with Gasteiger partial charge in [0, 0.05) is 23.9 Å². The maximum atomic E-state index is 13.0. The fourth-order valence-corrected chi connectivity index (χ4v) is 2.66. The Morgan fingerprint density at radius 1 is 1.29 bits per heavy atom. The zero-order valence-electron chi connectivity index (χ0n) is 9.91. The van der Waals surface area contributed by atoms with Gasteiger partial charge in [0.2, 0.25) is 0 Å². The van der Waals surface area contributed by atoms with Crippen LogP contribution >= 0.6 is 27.7 Å². The second-order valence-electron chi connectivity index (χ2n) is 3.23. The van der Waals surface area contributed by atoms with Gasteiger partial charge < -0.3 is 9.47 Å². The van der Waals surface area contributed by atoms with Crippen LogP contribution in [0.2, 0.25) is 0 Å². The summed E-state index contributed by atoms with van der Waals surface area (Å²) in [6, 6.07) is 4.96. The van der Waals surface area contributed by atoms with Gasteiger partial charge in [-0.15, -0.1) is 11.8 Å². The van der Waals surface area contributed by atoms with Crippen LogP contribution in [0, 0.1) is 5.82 Å². The minimum absolute atomic E-state index is 0.209. The molecular formula is C12H16BrFO2S. The fourth-order valence-electron chi connectivity index (χ4n) is 1.25.